The van der Waals surface area contributed by atoms with Crippen molar-refractivity contribution in [2.45, 2.75) is 83.7 Å². The van der Waals surface area contributed by atoms with Crippen LogP contribution in [0.5, 0.6) is 0 Å². The van der Waals surface area contributed by atoms with Gasteiger partial charge in [-0.1, -0.05) is 83.7 Å². The molecule has 0 spiro atoms. The van der Waals surface area contributed by atoms with E-state index in [1.54, 1.807) is 0 Å². The molecule has 2 heteroatoms. The standard InChI is InChI=1S/C15H29B.Li.H/c1-12-8-4-6-10-14(12)16(3)15-11-7-5-9-13(15)2;;/h12-15H,4-11H2,1-3H3;;. The Labute approximate surface area is 121 Å². The second-order valence-corrected chi connectivity index (χ2v) is 6.71. The van der Waals surface area contributed by atoms with Gasteiger partial charge in [0.05, 0.1) is 0 Å². The SMILES string of the molecule is CB(C1CCCCC1C)C1CCCCC1C.[LiH]. The first-order chi connectivity index (χ1) is 7.70. The predicted molar refractivity (Wildman–Crippen MR) is 81.5 cm³/mol. The van der Waals surface area contributed by atoms with Crippen molar-refractivity contribution in [2.75, 3.05) is 0 Å². The summed E-state index contributed by atoms with van der Waals surface area (Å²) in [5.41, 5.74) is 0. The van der Waals surface area contributed by atoms with Crippen LogP contribution in [0.25, 0.3) is 0 Å². The van der Waals surface area contributed by atoms with Gasteiger partial charge in [0.15, 0.2) is 0 Å². The molecule has 0 N–H and O–H groups in total. The van der Waals surface area contributed by atoms with E-state index in [4.69, 9.17) is 0 Å². The van der Waals surface area contributed by atoms with E-state index in [0.717, 1.165) is 30.2 Å². The van der Waals surface area contributed by atoms with Crippen molar-refractivity contribution in [1.29, 1.82) is 0 Å². The Morgan fingerprint density at radius 3 is 1.41 bits per heavy atom. The minimum absolute atomic E-state index is 0. The van der Waals surface area contributed by atoms with Gasteiger partial charge in [0.1, 0.15) is 6.71 Å². The van der Waals surface area contributed by atoms with Gasteiger partial charge in [-0.15, -0.1) is 0 Å². The molecule has 94 valence electrons. The molecule has 0 aromatic rings. The van der Waals surface area contributed by atoms with Crippen molar-refractivity contribution in [3.63, 3.8) is 0 Å². The summed E-state index contributed by atoms with van der Waals surface area (Å²) in [6, 6.07) is 0. The van der Waals surface area contributed by atoms with Crippen LogP contribution in [-0.2, 0) is 0 Å². The van der Waals surface area contributed by atoms with Gasteiger partial charge in [-0.3, -0.25) is 0 Å². The van der Waals surface area contributed by atoms with Crippen LogP contribution in [-0.4, -0.2) is 25.6 Å². The minimum atomic E-state index is 0. The van der Waals surface area contributed by atoms with E-state index in [0.29, 0.717) is 0 Å². The van der Waals surface area contributed by atoms with Gasteiger partial charge in [-0.25, -0.2) is 0 Å². The average Bonchev–Trinajstić information content (AvgIpc) is 2.29. The van der Waals surface area contributed by atoms with Crippen LogP contribution in [0, 0.1) is 11.8 Å². The van der Waals surface area contributed by atoms with Crippen molar-refractivity contribution >= 4 is 25.6 Å². The molecule has 0 aromatic carbocycles. The fraction of sp³-hybridized carbons (Fsp3) is 1.00. The summed E-state index contributed by atoms with van der Waals surface area (Å²) in [5, 5.41) is 0. The normalized spacial score (nSPS) is 38.3. The first-order valence-corrected chi connectivity index (χ1v) is 7.70. The summed E-state index contributed by atoms with van der Waals surface area (Å²) in [7, 11) is 0. The Balaban J connectivity index is 0.00000144. The molecule has 4 unspecified atom stereocenters. The summed E-state index contributed by atoms with van der Waals surface area (Å²) in [5.74, 6) is 4.08. The first-order valence-electron chi connectivity index (χ1n) is 7.70. The summed E-state index contributed by atoms with van der Waals surface area (Å²) in [4.78, 5) is 0. The maximum atomic E-state index is 2.57. The van der Waals surface area contributed by atoms with Crippen LogP contribution < -0.4 is 0 Å². The van der Waals surface area contributed by atoms with Gasteiger partial charge >= 0.3 is 18.9 Å². The van der Waals surface area contributed by atoms with E-state index in [1.165, 1.54) is 51.4 Å². The zero-order chi connectivity index (χ0) is 11.5. The van der Waals surface area contributed by atoms with Crippen molar-refractivity contribution in [1.82, 2.24) is 0 Å². The topological polar surface area (TPSA) is 0 Å². The quantitative estimate of drug-likeness (QED) is 0.605. The summed E-state index contributed by atoms with van der Waals surface area (Å²) >= 11 is 0. The number of hydrogen-bond donors (Lipinski definition) is 0. The third-order valence-electron chi connectivity index (χ3n) is 5.71. The molecular formula is C15H30BLi. The molecular weight excluding hydrogens is 198 g/mol. The van der Waals surface area contributed by atoms with E-state index in [1.807, 2.05) is 0 Å². The Morgan fingerprint density at radius 1 is 0.706 bits per heavy atom. The summed E-state index contributed by atoms with van der Waals surface area (Å²) in [6.07, 6.45) is 12.0. The molecule has 4 atom stereocenters. The third-order valence-corrected chi connectivity index (χ3v) is 5.71. The molecule has 0 aromatic heterocycles. The van der Waals surface area contributed by atoms with E-state index < -0.39 is 0 Å². The molecule has 2 saturated carbocycles. The monoisotopic (exact) mass is 228 g/mol. The zero-order valence-corrected chi connectivity index (χ0v) is 11.5. The first kappa shape index (κ1) is 15.7. The molecule has 2 rings (SSSR count). The molecule has 2 aliphatic carbocycles. The van der Waals surface area contributed by atoms with Gasteiger partial charge in [0, 0.05) is 0 Å². The molecule has 0 amide bonds. The van der Waals surface area contributed by atoms with Crippen molar-refractivity contribution in [3.8, 4) is 0 Å². The van der Waals surface area contributed by atoms with Crippen molar-refractivity contribution in [2.24, 2.45) is 11.8 Å². The van der Waals surface area contributed by atoms with Gasteiger partial charge in [-0.05, 0) is 11.8 Å². The Bertz CT molecular complexity index is 197. The molecule has 0 heterocycles. The Morgan fingerprint density at radius 2 is 1.06 bits per heavy atom. The fourth-order valence-corrected chi connectivity index (χ4v) is 4.57. The summed E-state index contributed by atoms with van der Waals surface area (Å²) in [6.45, 7) is 8.58. The Kier molecular flexibility index (Phi) is 6.75. The van der Waals surface area contributed by atoms with Crippen LogP contribution in [0.2, 0.25) is 18.5 Å². The number of rotatable bonds is 2. The van der Waals surface area contributed by atoms with Crippen LogP contribution in [0.15, 0.2) is 0 Å². The zero-order valence-electron chi connectivity index (χ0n) is 11.5. The van der Waals surface area contributed by atoms with Gasteiger partial charge in [0.2, 0.25) is 0 Å². The second kappa shape index (κ2) is 7.30. The van der Waals surface area contributed by atoms with E-state index >= 15 is 0 Å². The maximum absolute atomic E-state index is 2.57. The van der Waals surface area contributed by atoms with E-state index in [2.05, 4.69) is 20.7 Å². The van der Waals surface area contributed by atoms with Crippen molar-refractivity contribution < 1.29 is 0 Å². The Hall–Kier alpha value is 0.662. The third kappa shape index (κ3) is 3.81. The van der Waals surface area contributed by atoms with Crippen LogP contribution in [0.1, 0.15) is 65.2 Å². The van der Waals surface area contributed by atoms with Crippen molar-refractivity contribution in [3.05, 3.63) is 0 Å². The van der Waals surface area contributed by atoms with Gasteiger partial charge in [-0.2, -0.15) is 0 Å². The van der Waals surface area contributed by atoms with Crippen LogP contribution in [0.4, 0.5) is 0 Å². The van der Waals surface area contributed by atoms with Crippen LogP contribution >= 0.6 is 0 Å². The van der Waals surface area contributed by atoms with E-state index in [9.17, 15) is 0 Å². The average molecular weight is 228 g/mol. The summed E-state index contributed by atoms with van der Waals surface area (Å²) < 4.78 is 0. The van der Waals surface area contributed by atoms with E-state index in [-0.39, 0.29) is 18.9 Å². The molecule has 0 saturated heterocycles. The molecule has 0 nitrogen and oxygen atoms in total. The second-order valence-electron chi connectivity index (χ2n) is 6.71. The fourth-order valence-electron chi connectivity index (χ4n) is 4.57. The van der Waals surface area contributed by atoms with Gasteiger partial charge < -0.3 is 0 Å². The van der Waals surface area contributed by atoms with Crippen LogP contribution in [0.3, 0.4) is 0 Å². The molecule has 2 aliphatic rings. The molecule has 0 aliphatic heterocycles. The predicted octanol–water partition coefficient (Wildman–Crippen LogP) is 4.62. The number of hydrogen-bond acceptors (Lipinski definition) is 0. The van der Waals surface area contributed by atoms with Gasteiger partial charge in [0.25, 0.3) is 0 Å². The molecule has 2 fully saturated rings. The molecule has 0 radical (unpaired) electrons. The molecule has 0 bridgehead atoms. The molecule has 17 heavy (non-hydrogen) atoms.